The fourth-order valence-electron chi connectivity index (χ4n) is 3.62. The van der Waals surface area contributed by atoms with Gasteiger partial charge in [0.15, 0.2) is 0 Å². The van der Waals surface area contributed by atoms with E-state index in [-0.39, 0.29) is 11.5 Å². The van der Waals surface area contributed by atoms with Crippen molar-refractivity contribution in [3.8, 4) is 0 Å². The average molecular weight is 357 g/mol. The molecule has 26 heavy (non-hydrogen) atoms. The van der Waals surface area contributed by atoms with Crippen molar-refractivity contribution in [2.24, 2.45) is 5.92 Å². The maximum Gasteiger partial charge on any atom is 0.407 e. The summed E-state index contributed by atoms with van der Waals surface area (Å²) in [4.78, 5) is 14.2. The lowest BCUT2D eigenvalue weighted by Gasteiger charge is -2.40. The smallest absolute Gasteiger partial charge is 0.407 e. The summed E-state index contributed by atoms with van der Waals surface area (Å²) in [5.41, 5.74) is 1.13. The number of carbonyl (C=O) groups is 1. The molecule has 0 aliphatic heterocycles. The number of nitrogens with one attached hydrogen (secondary N) is 1. The molecule has 0 aliphatic rings. The molecule has 0 bridgehead atoms. The highest BCUT2D eigenvalue weighted by atomic mass is 16.5. The van der Waals surface area contributed by atoms with Crippen molar-refractivity contribution in [2.45, 2.75) is 32.6 Å². The average Bonchev–Trinajstić information content (AvgIpc) is 2.61. The van der Waals surface area contributed by atoms with E-state index in [2.05, 4.69) is 80.6 Å². The van der Waals surface area contributed by atoms with Gasteiger partial charge >= 0.3 is 6.09 Å². The Morgan fingerprint density at radius 1 is 1.15 bits per heavy atom. The van der Waals surface area contributed by atoms with Crippen LogP contribution in [0, 0.1) is 5.92 Å². The van der Waals surface area contributed by atoms with Crippen LogP contribution >= 0.6 is 0 Å². The molecular formula is C22H32N2O2. The summed E-state index contributed by atoms with van der Waals surface area (Å²) in [5.74, 6) is 0.357. The van der Waals surface area contributed by atoms with Crippen LogP contribution in [0.25, 0.3) is 10.8 Å². The quantitative estimate of drug-likeness (QED) is 0.761. The van der Waals surface area contributed by atoms with Crippen molar-refractivity contribution in [2.75, 3.05) is 33.8 Å². The molecule has 4 nitrogen and oxygen atoms in total. The van der Waals surface area contributed by atoms with E-state index >= 15 is 0 Å². The van der Waals surface area contributed by atoms with E-state index in [1.54, 1.807) is 0 Å². The lowest BCUT2D eigenvalue weighted by Crippen LogP contribution is -2.46. The van der Waals surface area contributed by atoms with Crippen molar-refractivity contribution in [3.63, 3.8) is 0 Å². The minimum atomic E-state index is -0.345. The Bertz CT molecular complexity index is 722. The number of ether oxygens (including phenoxy) is 1. The van der Waals surface area contributed by atoms with Crippen LogP contribution in [0.1, 0.15) is 32.8 Å². The van der Waals surface area contributed by atoms with Crippen molar-refractivity contribution in [1.29, 1.82) is 0 Å². The van der Waals surface area contributed by atoms with Gasteiger partial charge in [-0.2, -0.15) is 0 Å². The van der Waals surface area contributed by atoms with E-state index in [0.717, 1.165) is 13.0 Å². The van der Waals surface area contributed by atoms with Crippen LogP contribution in [0.5, 0.6) is 0 Å². The van der Waals surface area contributed by atoms with Crippen molar-refractivity contribution < 1.29 is 9.53 Å². The van der Waals surface area contributed by atoms with Gasteiger partial charge in [-0.25, -0.2) is 4.79 Å². The van der Waals surface area contributed by atoms with Crippen LogP contribution in [-0.4, -0.2) is 44.8 Å². The minimum absolute atomic E-state index is 0.169. The highest BCUT2D eigenvalue weighted by molar-refractivity contribution is 5.86. The standard InChI is InChI=1S/C22H32N2O2/c1-6-26-21(25)23-16-22(17(2)3,14-15-24(4)5)20-13-9-11-18-10-7-8-12-19(18)20/h7-13,17H,6,14-16H2,1-5H3,(H,23,25). The highest BCUT2D eigenvalue weighted by Gasteiger charge is 2.37. The number of carbonyl (C=O) groups excluding carboxylic acids is 1. The number of amides is 1. The Labute approximate surface area is 157 Å². The zero-order valence-corrected chi connectivity index (χ0v) is 16.7. The molecule has 142 valence electrons. The number of rotatable bonds is 8. The lowest BCUT2D eigenvalue weighted by atomic mass is 9.68. The van der Waals surface area contributed by atoms with E-state index in [1.807, 2.05) is 6.92 Å². The molecule has 0 fully saturated rings. The van der Waals surface area contributed by atoms with E-state index < -0.39 is 0 Å². The topological polar surface area (TPSA) is 41.6 Å². The molecule has 2 aromatic carbocycles. The summed E-state index contributed by atoms with van der Waals surface area (Å²) >= 11 is 0. The zero-order valence-electron chi connectivity index (χ0n) is 16.7. The van der Waals surface area contributed by atoms with Crippen LogP contribution in [0.4, 0.5) is 4.79 Å². The Morgan fingerprint density at radius 3 is 2.50 bits per heavy atom. The summed E-state index contributed by atoms with van der Waals surface area (Å²) in [6, 6.07) is 15.0. The van der Waals surface area contributed by atoms with Gasteiger partial charge in [0.25, 0.3) is 0 Å². The van der Waals surface area contributed by atoms with E-state index in [9.17, 15) is 4.79 Å². The molecule has 0 spiro atoms. The van der Waals surface area contributed by atoms with Gasteiger partial charge in [-0.1, -0.05) is 56.3 Å². The summed E-state index contributed by atoms with van der Waals surface area (Å²) in [6.07, 6.45) is 0.612. The first-order chi connectivity index (χ1) is 12.4. The molecule has 2 rings (SSSR count). The molecule has 0 saturated carbocycles. The predicted molar refractivity (Wildman–Crippen MR) is 109 cm³/mol. The largest absolute Gasteiger partial charge is 0.450 e. The maximum absolute atomic E-state index is 12.0. The van der Waals surface area contributed by atoms with Crippen LogP contribution < -0.4 is 5.32 Å². The second-order valence-corrected chi connectivity index (χ2v) is 7.46. The number of alkyl carbamates (subject to hydrolysis) is 1. The Balaban J connectivity index is 2.50. The summed E-state index contributed by atoms with van der Waals surface area (Å²) in [6.45, 7) is 8.20. The van der Waals surface area contributed by atoms with Crippen molar-refractivity contribution in [1.82, 2.24) is 10.2 Å². The molecule has 0 aromatic heterocycles. The van der Waals surface area contributed by atoms with Crippen LogP contribution in [0.15, 0.2) is 42.5 Å². The Hall–Kier alpha value is -2.07. The third-order valence-corrected chi connectivity index (χ3v) is 5.26. The van der Waals surface area contributed by atoms with Gasteiger partial charge in [0, 0.05) is 12.0 Å². The second-order valence-electron chi connectivity index (χ2n) is 7.46. The second kappa shape index (κ2) is 9.04. The van der Waals surface area contributed by atoms with Gasteiger partial charge in [-0.15, -0.1) is 0 Å². The summed E-state index contributed by atoms with van der Waals surface area (Å²) in [5, 5.41) is 5.50. The van der Waals surface area contributed by atoms with Crippen LogP contribution in [0.3, 0.4) is 0 Å². The van der Waals surface area contributed by atoms with E-state index in [4.69, 9.17) is 4.74 Å². The normalized spacial score (nSPS) is 13.8. The van der Waals surface area contributed by atoms with E-state index in [1.165, 1.54) is 16.3 Å². The van der Waals surface area contributed by atoms with Gasteiger partial charge in [-0.05, 0) is 56.2 Å². The first-order valence-corrected chi connectivity index (χ1v) is 9.44. The Morgan fingerprint density at radius 2 is 1.85 bits per heavy atom. The minimum Gasteiger partial charge on any atom is -0.450 e. The fourth-order valence-corrected chi connectivity index (χ4v) is 3.62. The van der Waals surface area contributed by atoms with Crippen LogP contribution in [0.2, 0.25) is 0 Å². The third kappa shape index (κ3) is 4.55. The molecule has 0 aliphatic carbocycles. The fraction of sp³-hybridized carbons (Fsp3) is 0.500. The molecule has 0 radical (unpaired) electrons. The SMILES string of the molecule is CCOC(=O)NCC(CCN(C)C)(c1cccc2ccccc12)C(C)C. The summed E-state index contributed by atoms with van der Waals surface area (Å²) < 4.78 is 5.11. The molecule has 4 heteroatoms. The summed E-state index contributed by atoms with van der Waals surface area (Å²) in [7, 11) is 4.18. The number of hydrogen-bond donors (Lipinski definition) is 1. The monoisotopic (exact) mass is 356 g/mol. The molecule has 0 heterocycles. The third-order valence-electron chi connectivity index (χ3n) is 5.26. The molecule has 1 atom stereocenters. The molecule has 1 amide bonds. The first kappa shape index (κ1) is 20.2. The van der Waals surface area contributed by atoms with Crippen molar-refractivity contribution in [3.05, 3.63) is 48.0 Å². The number of fused-ring (bicyclic) bond motifs is 1. The highest BCUT2D eigenvalue weighted by Crippen LogP contribution is 2.39. The molecule has 2 aromatic rings. The number of benzene rings is 2. The predicted octanol–water partition coefficient (Wildman–Crippen LogP) is 4.43. The molecule has 0 saturated heterocycles. The van der Waals surface area contributed by atoms with Crippen molar-refractivity contribution >= 4 is 16.9 Å². The van der Waals surface area contributed by atoms with Crippen LogP contribution in [-0.2, 0) is 10.2 Å². The number of nitrogens with zero attached hydrogens (tertiary/aromatic N) is 1. The molecule has 1 unspecified atom stereocenters. The first-order valence-electron chi connectivity index (χ1n) is 9.44. The maximum atomic E-state index is 12.0. The van der Waals surface area contributed by atoms with E-state index in [0.29, 0.717) is 19.1 Å². The Kier molecular flexibility index (Phi) is 7.04. The lowest BCUT2D eigenvalue weighted by molar-refractivity contribution is 0.144. The van der Waals surface area contributed by atoms with Gasteiger partial charge < -0.3 is 15.0 Å². The van der Waals surface area contributed by atoms with Gasteiger partial charge in [-0.3, -0.25) is 0 Å². The zero-order chi connectivity index (χ0) is 19.2. The van der Waals surface area contributed by atoms with Gasteiger partial charge in [0.1, 0.15) is 0 Å². The molecular weight excluding hydrogens is 324 g/mol. The number of hydrogen-bond acceptors (Lipinski definition) is 3. The van der Waals surface area contributed by atoms with Gasteiger partial charge in [0.2, 0.25) is 0 Å². The molecule has 1 N–H and O–H groups in total. The van der Waals surface area contributed by atoms with Gasteiger partial charge in [0.05, 0.1) is 6.61 Å².